The van der Waals surface area contributed by atoms with E-state index in [0.29, 0.717) is 11.4 Å². The number of carboxylic acid groups (broad SMARTS) is 1. The molecule has 0 amide bonds. The Balaban J connectivity index is 2.51. The summed E-state index contributed by atoms with van der Waals surface area (Å²) in [4.78, 5) is 23.8. The molecule has 0 fully saturated rings. The first-order valence-corrected chi connectivity index (χ1v) is 7.76. The number of rotatable bonds is 6. The van der Waals surface area contributed by atoms with Crippen molar-refractivity contribution in [3.05, 3.63) is 69.5 Å². The third-order valence-corrected chi connectivity index (χ3v) is 3.99. The Kier molecular flexibility index (Phi) is 5.70. The molecule has 4 nitrogen and oxygen atoms in total. The highest BCUT2D eigenvalue weighted by molar-refractivity contribution is 6.30. The first kappa shape index (κ1) is 18.1. The van der Waals surface area contributed by atoms with Gasteiger partial charge in [0.2, 0.25) is 0 Å². The minimum atomic E-state index is -1.31. The summed E-state index contributed by atoms with van der Waals surface area (Å²) in [6, 6.07) is 8.30. The highest BCUT2D eigenvalue weighted by Gasteiger charge is 2.23. The van der Waals surface area contributed by atoms with Gasteiger partial charge in [0.25, 0.3) is 0 Å². The average Bonchev–Trinajstić information content (AvgIpc) is 2.56. The topological polar surface area (TPSA) is 74.6 Å². The van der Waals surface area contributed by atoms with E-state index in [-0.39, 0.29) is 28.7 Å². The summed E-state index contributed by atoms with van der Waals surface area (Å²) in [6.45, 7) is 1.70. The van der Waals surface area contributed by atoms with Gasteiger partial charge in [0.05, 0.1) is 17.2 Å². The SMILES string of the molecule is CCC(O)Cc1c(C(=O)O)ccc(C(=O)c2ccc(Cl)cc2)c1F. The largest absolute Gasteiger partial charge is 0.478 e. The molecule has 0 aromatic heterocycles. The first-order valence-electron chi connectivity index (χ1n) is 7.38. The molecule has 1 unspecified atom stereocenters. The lowest BCUT2D eigenvalue weighted by Gasteiger charge is -2.14. The van der Waals surface area contributed by atoms with E-state index in [9.17, 15) is 24.2 Å². The van der Waals surface area contributed by atoms with Crippen LogP contribution in [0.1, 0.15) is 45.2 Å². The number of carboxylic acids is 1. The van der Waals surface area contributed by atoms with Crippen molar-refractivity contribution in [2.75, 3.05) is 0 Å². The molecule has 6 heteroatoms. The van der Waals surface area contributed by atoms with E-state index in [1.807, 2.05) is 0 Å². The summed E-state index contributed by atoms with van der Waals surface area (Å²) >= 11 is 5.77. The molecule has 0 aliphatic carbocycles. The van der Waals surface area contributed by atoms with E-state index in [4.69, 9.17) is 11.6 Å². The number of hydrogen-bond acceptors (Lipinski definition) is 3. The summed E-state index contributed by atoms with van der Waals surface area (Å²) in [7, 11) is 0. The maximum atomic E-state index is 14.8. The molecule has 0 aliphatic rings. The van der Waals surface area contributed by atoms with Crippen LogP contribution in [0, 0.1) is 5.82 Å². The third-order valence-electron chi connectivity index (χ3n) is 3.74. The second kappa shape index (κ2) is 7.55. The van der Waals surface area contributed by atoms with Crippen LogP contribution in [0.25, 0.3) is 0 Å². The molecule has 0 bridgehead atoms. The van der Waals surface area contributed by atoms with Gasteiger partial charge < -0.3 is 10.2 Å². The molecular weight excluding hydrogens is 335 g/mol. The van der Waals surface area contributed by atoms with Crippen LogP contribution in [0.15, 0.2) is 36.4 Å². The molecule has 0 heterocycles. The average molecular weight is 351 g/mol. The molecule has 0 aliphatic heterocycles. The van der Waals surface area contributed by atoms with Crippen molar-refractivity contribution in [3.8, 4) is 0 Å². The second-order valence-electron chi connectivity index (χ2n) is 5.36. The quantitative estimate of drug-likeness (QED) is 0.778. The highest BCUT2D eigenvalue weighted by atomic mass is 35.5. The lowest BCUT2D eigenvalue weighted by atomic mass is 9.93. The monoisotopic (exact) mass is 350 g/mol. The van der Waals surface area contributed by atoms with Gasteiger partial charge in [-0.25, -0.2) is 9.18 Å². The number of carbonyl (C=O) groups is 2. The molecule has 2 aromatic rings. The van der Waals surface area contributed by atoms with Crippen LogP contribution in [0.4, 0.5) is 4.39 Å². The van der Waals surface area contributed by atoms with Crippen molar-refractivity contribution in [3.63, 3.8) is 0 Å². The van der Waals surface area contributed by atoms with Gasteiger partial charge in [0.15, 0.2) is 5.78 Å². The van der Waals surface area contributed by atoms with E-state index >= 15 is 0 Å². The Hall–Kier alpha value is -2.24. The van der Waals surface area contributed by atoms with Crippen molar-refractivity contribution in [1.29, 1.82) is 0 Å². The van der Waals surface area contributed by atoms with Crippen molar-refractivity contribution in [1.82, 2.24) is 0 Å². The second-order valence-corrected chi connectivity index (χ2v) is 5.80. The van der Waals surface area contributed by atoms with Gasteiger partial charge in [-0.15, -0.1) is 0 Å². The summed E-state index contributed by atoms with van der Waals surface area (Å²) < 4.78 is 14.8. The molecule has 126 valence electrons. The molecule has 1 atom stereocenters. The van der Waals surface area contributed by atoms with E-state index in [1.165, 1.54) is 30.3 Å². The Labute approximate surface area is 143 Å². The molecule has 0 saturated heterocycles. The molecule has 0 radical (unpaired) electrons. The van der Waals surface area contributed by atoms with Crippen LogP contribution in [0.2, 0.25) is 5.02 Å². The summed E-state index contributed by atoms with van der Waals surface area (Å²) in [5.41, 5.74) is -0.423. The summed E-state index contributed by atoms with van der Waals surface area (Å²) in [5.74, 6) is -2.80. The number of benzene rings is 2. The number of hydrogen-bond donors (Lipinski definition) is 2. The predicted octanol–water partition coefficient (Wildman–Crippen LogP) is 3.72. The fourth-order valence-corrected chi connectivity index (χ4v) is 2.46. The molecule has 2 rings (SSSR count). The number of aromatic carboxylic acids is 1. The molecule has 2 N–H and O–H groups in total. The molecule has 2 aromatic carbocycles. The van der Waals surface area contributed by atoms with Crippen LogP contribution >= 0.6 is 11.6 Å². The van der Waals surface area contributed by atoms with E-state index in [2.05, 4.69) is 0 Å². The van der Waals surface area contributed by atoms with Gasteiger partial charge in [-0.1, -0.05) is 18.5 Å². The van der Waals surface area contributed by atoms with Gasteiger partial charge in [0, 0.05) is 22.6 Å². The van der Waals surface area contributed by atoms with Crippen molar-refractivity contribution >= 4 is 23.4 Å². The number of aliphatic hydroxyl groups is 1. The summed E-state index contributed by atoms with van der Waals surface area (Å²) in [5, 5.41) is 19.4. The van der Waals surface area contributed by atoms with Crippen LogP contribution in [0.3, 0.4) is 0 Å². The third kappa shape index (κ3) is 3.80. The number of aliphatic hydroxyl groups excluding tert-OH is 1. The van der Waals surface area contributed by atoms with Gasteiger partial charge in [0.1, 0.15) is 5.82 Å². The molecular formula is C18H16ClFO4. The highest BCUT2D eigenvalue weighted by Crippen LogP contribution is 2.23. The Morgan fingerprint density at radius 1 is 1.12 bits per heavy atom. The number of carbonyl (C=O) groups excluding carboxylic acids is 1. The maximum absolute atomic E-state index is 14.8. The predicted molar refractivity (Wildman–Crippen MR) is 88.2 cm³/mol. The normalized spacial score (nSPS) is 12.0. The zero-order valence-corrected chi connectivity index (χ0v) is 13.7. The lowest BCUT2D eigenvalue weighted by molar-refractivity contribution is 0.0693. The van der Waals surface area contributed by atoms with Crippen molar-refractivity contribution in [2.45, 2.75) is 25.9 Å². The van der Waals surface area contributed by atoms with Crippen molar-refractivity contribution < 1.29 is 24.2 Å². The van der Waals surface area contributed by atoms with E-state index in [1.54, 1.807) is 6.92 Å². The smallest absolute Gasteiger partial charge is 0.336 e. The first-order chi connectivity index (χ1) is 11.3. The molecule has 24 heavy (non-hydrogen) atoms. The van der Waals surface area contributed by atoms with Gasteiger partial charge in [-0.3, -0.25) is 4.79 Å². The lowest BCUT2D eigenvalue weighted by Crippen LogP contribution is -2.17. The van der Waals surface area contributed by atoms with Crippen LogP contribution in [-0.2, 0) is 6.42 Å². The minimum Gasteiger partial charge on any atom is -0.478 e. The summed E-state index contributed by atoms with van der Waals surface area (Å²) in [6.07, 6.45) is -0.724. The van der Waals surface area contributed by atoms with E-state index in [0.717, 1.165) is 6.07 Å². The fraction of sp³-hybridized carbons (Fsp3) is 0.222. The Bertz CT molecular complexity index is 771. The minimum absolute atomic E-state index is 0.170. The van der Waals surface area contributed by atoms with Crippen LogP contribution in [0.5, 0.6) is 0 Å². The van der Waals surface area contributed by atoms with Gasteiger partial charge >= 0.3 is 5.97 Å². The maximum Gasteiger partial charge on any atom is 0.336 e. The van der Waals surface area contributed by atoms with Gasteiger partial charge in [-0.2, -0.15) is 0 Å². The van der Waals surface area contributed by atoms with E-state index < -0.39 is 23.7 Å². The van der Waals surface area contributed by atoms with Gasteiger partial charge in [-0.05, 0) is 42.8 Å². The standard InChI is InChI=1S/C18H16ClFO4/c1-2-12(21)9-15-13(18(23)24)7-8-14(16(15)20)17(22)10-3-5-11(19)6-4-10/h3-8,12,21H,2,9H2,1H3,(H,23,24). The van der Waals surface area contributed by atoms with Crippen molar-refractivity contribution in [2.24, 2.45) is 0 Å². The fourth-order valence-electron chi connectivity index (χ4n) is 2.33. The zero-order valence-electron chi connectivity index (χ0n) is 12.9. The Morgan fingerprint density at radius 3 is 2.25 bits per heavy atom. The number of halogens is 2. The van der Waals surface area contributed by atoms with Crippen LogP contribution in [-0.4, -0.2) is 28.1 Å². The number of ketones is 1. The van der Waals surface area contributed by atoms with Crippen LogP contribution < -0.4 is 0 Å². The molecule has 0 spiro atoms. The zero-order chi connectivity index (χ0) is 17.9. The Morgan fingerprint density at radius 2 is 1.71 bits per heavy atom. The molecule has 0 saturated carbocycles.